The Morgan fingerprint density at radius 1 is 1.07 bits per heavy atom. The van der Waals surface area contributed by atoms with Gasteiger partial charge >= 0.3 is 0 Å². The van der Waals surface area contributed by atoms with Gasteiger partial charge in [0, 0.05) is 44.8 Å². The minimum Gasteiger partial charge on any atom is -0.356 e. The third-order valence-electron chi connectivity index (χ3n) is 7.09. The number of likely N-dealkylation sites (N-methyl/N-ethyl adjacent to an activating group) is 2. The summed E-state index contributed by atoms with van der Waals surface area (Å²) in [5.41, 5.74) is 2.49. The number of aryl methyl sites for hydroxylation is 1. The van der Waals surface area contributed by atoms with Crippen LogP contribution in [0.3, 0.4) is 0 Å². The Bertz CT molecular complexity index is 851. The lowest BCUT2D eigenvalue weighted by molar-refractivity contribution is 0.00941. The Balaban J connectivity index is 1.63. The predicted octanol–water partition coefficient (Wildman–Crippen LogP) is 3.04. The first-order valence-corrected chi connectivity index (χ1v) is 11.8. The third-order valence-corrected chi connectivity index (χ3v) is 7.09. The zero-order valence-corrected chi connectivity index (χ0v) is 19.6. The number of aromatic nitrogens is 4. The molecule has 4 heterocycles. The Kier molecular flexibility index (Phi) is 6.30. The van der Waals surface area contributed by atoms with Crippen molar-refractivity contribution in [2.24, 2.45) is 5.92 Å². The van der Waals surface area contributed by atoms with Crippen molar-refractivity contribution in [3.63, 3.8) is 0 Å². The summed E-state index contributed by atoms with van der Waals surface area (Å²) in [5.74, 6) is 1.66. The monoisotopic (exact) mass is 413 g/mol. The van der Waals surface area contributed by atoms with Crippen LogP contribution < -0.4 is 4.90 Å². The van der Waals surface area contributed by atoms with E-state index < -0.39 is 0 Å². The number of unbranched alkanes of at least 4 members (excludes halogenated alkanes) is 1. The fourth-order valence-corrected chi connectivity index (χ4v) is 5.23. The predicted molar refractivity (Wildman–Crippen MR) is 123 cm³/mol. The van der Waals surface area contributed by atoms with Crippen molar-refractivity contribution in [3.8, 4) is 0 Å². The lowest BCUT2D eigenvalue weighted by Crippen LogP contribution is -2.63. The number of piperidine rings is 1. The van der Waals surface area contributed by atoms with Crippen molar-refractivity contribution in [2.75, 3.05) is 51.7 Å². The Morgan fingerprint density at radius 3 is 2.53 bits per heavy atom. The molecule has 2 fully saturated rings. The Morgan fingerprint density at radius 2 is 1.83 bits per heavy atom. The minimum absolute atomic E-state index is 0.307. The molecule has 0 saturated carbocycles. The van der Waals surface area contributed by atoms with Gasteiger partial charge in [-0.25, -0.2) is 14.6 Å². The van der Waals surface area contributed by atoms with Gasteiger partial charge in [-0.2, -0.15) is 5.10 Å². The number of anilines is 1. The second-order valence-corrected chi connectivity index (χ2v) is 9.89. The summed E-state index contributed by atoms with van der Waals surface area (Å²) in [5, 5.41) is 6.19. The van der Waals surface area contributed by atoms with Crippen LogP contribution in [-0.4, -0.2) is 81.9 Å². The Labute approximate surface area is 181 Å². The van der Waals surface area contributed by atoms with Crippen LogP contribution in [-0.2, 0) is 13.0 Å². The highest BCUT2D eigenvalue weighted by atomic mass is 15.3. The van der Waals surface area contributed by atoms with Gasteiger partial charge in [-0.15, -0.1) is 0 Å². The standard InChI is InChI=1S/C23H39N7/c1-6-7-10-30-22-20(19(26-30)15-18(2)3)21(24-17-25-22)29-11-8-23(9-12-29)16-27(4)13-14-28(23)5/h17-18H,6-16H2,1-5H3. The summed E-state index contributed by atoms with van der Waals surface area (Å²) in [6.45, 7) is 13.3. The second-order valence-electron chi connectivity index (χ2n) is 9.89. The van der Waals surface area contributed by atoms with E-state index in [4.69, 9.17) is 10.1 Å². The minimum atomic E-state index is 0.307. The lowest BCUT2D eigenvalue weighted by atomic mass is 9.84. The molecule has 0 aliphatic carbocycles. The molecule has 2 aliphatic heterocycles. The number of rotatable bonds is 6. The fraction of sp³-hybridized carbons (Fsp3) is 0.783. The molecule has 7 nitrogen and oxygen atoms in total. The smallest absolute Gasteiger partial charge is 0.163 e. The van der Waals surface area contributed by atoms with Crippen molar-refractivity contribution >= 4 is 16.9 Å². The van der Waals surface area contributed by atoms with Gasteiger partial charge in [0.2, 0.25) is 0 Å². The molecule has 0 bridgehead atoms. The zero-order valence-electron chi connectivity index (χ0n) is 19.6. The topological polar surface area (TPSA) is 53.3 Å². The third kappa shape index (κ3) is 4.06. The maximum Gasteiger partial charge on any atom is 0.163 e. The fourth-order valence-electron chi connectivity index (χ4n) is 5.23. The first-order valence-electron chi connectivity index (χ1n) is 11.8. The quantitative estimate of drug-likeness (QED) is 0.726. The van der Waals surface area contributed by atoms with Crippen molar-refractivity contribution in [3.05, 3.63) is 12.0 Å². The van der Waals surface area contributed by atoms with E-state index >= 15 is 0 Å². The van der Waals surface area contributed by atoms with Crippen LogP contribution >= 0.6 is 0 Å². The molecule has 0 atom stereocenters. The first kappa shape index (κ1) is 21.5. The molecule has 0 N–H and O–H groups in total. The van der Waals surface area contributed by atoms with Crippen molar-refractivity contribution in [1.29, 1.82) is 0 Å². The van der Waals surface area contributed by atoms with Gasteiger partial charge in [0.15, 0.2) is 5.65 Å². The van der Waals surface area contributed by atoms with Crippen LogP contribution in [0, 0.1) is 5.92 Å². The van der Waals surface area contributed by atoms with E-state index in [-0.39, 0.29) is 0 Å². The van der Waals surface area contributed by atoms with Crippen LogP contribution in [0.15, 0.2) is 6.33 Å². The molecular formula is C23H39N7. The van der Waals surface area contributed by atoms with E-state index in [2.05, 4.69) is 59.2 Å². The van der Waals surface area contributed by atoms with E-state index in [1.165, 1.54) is 37.0 Å². The molecule has 1 spiro atoms. The molecular weight excluding hydrogens is 374 g/mol. The van der Waals surface area contributed by atoms with E-state index in [1.807, 2.05) is 0 Å². The largest absolute Gasteiger partial charge is 0.356 e. The van der Waals surface area contributed by atoms with E-state index in [0.717, 1.165) is 56.9 Å². The molecule has 0 aromatic carbocycles. The molecule has 7 heteroatoms. The van der Waals surface area contributed by atoms with Crippen LogP contribution in [0.1, 0.15) is 52.1 Å². The number of fused-ring (bicyclic) bond motifs is 1. The van der Waals surface area contributed by atoms with Gasteiger partial charge in [0.1, 0.15) is 12.1 Å². The van der Waals surface area contributed by atoms with Gasteiger partial charge in [-0.05, 0) is 45.7 Å². The number of hydrogen-bond acceptors (Lipinski definition) is 6. The molecule has 2 aliphatic rings. The zero-order chi connectivity index (χ0) is 21.3. The second kappa shape index (κ2) is 8.79. The summed E-state index contributed by atoms with van der Waals surface area (Å²) in [6, 6.07) is 0. The highest BCUT2D eigenvalue weighted by Crippen LogP contribution is 2.35. The van der Waals surface area contributed by atoms with E-state index in [1.54, 1.807) is 6.33 Å². The molecule has 0 radical (unpaired) electrons. The lowest BCUT2D eigenvalue weighted by Gasteiger charge is -2.52. The molecule has 4 rings (SSSR count). The van der Waals surface area contributed by atoms with Crippen molar-refractivity contribution in [2.45, 2.75) is 65.0 Å². The number of piperazine rings is 1. The SMILES string of the molecule is CCCCn1nc(CC(C)C)c2c(N3CCC4(CC3)CN(C)CCN4C)ncnc21. The van der Waals surface area contributed by atoms with Crippen molar-refractivity contribution < 1.29 is 0 Å². The molecule has 2 aromatic heterocycles. The number of hydrogen-bond donors (Lipinski definition) is 0. The molecule has 2 aromatic rings. The summed E-state index contributed by atoms with van der Waals surface area (Å²) in [4.78, 5) is 17.1. The van der Waals surface area contributed by atoms with Gasteiger partial charge in [-0.3, -0.25) is 4.90 Å². The summed E-state index contributed by atoms with van der Waals surface area (Å²) in [6.07, 6.45) is 7.37. The van der Waals surface area contributed by atoms with Crippen molar-refractivity contribution in [1.82, 2.24) is 29.5 Å². The average molecular weight is 414 g/mol. The summed E-state index contributed by atoms with van der Waals surface area (Å²) < 4.78 is 2.12. The van der Waals surface area contributed by atoms with E-state index in [0.29, 0.717) is 11.5 Å². The molecule has 0 amide bonds. The van der Waals surface area contributed by atoms with Gasteiger partial charge in [-0.1, -0.05) is 27.2 Å². The maximum absolute atomic E-state index is 5.00. The first-order chi connectivity index (χ1) is 14.4. The molecule has 166 valence electrons. The molecule has 30 heavy (non-hydrogen) atoms. The summed E-state index contributed by atoms with van der Waals surface area (Å²) in [7, 11) is 4.57. The highest BCUT2D eigenvalue weighted by Gasteiger charge is 2.41. The Hall–Kier alpha value is -1.73. The maximum atomic E-state index is 5.00. The summed E-state index contributed by atoms with van der Waals surface area (Å²) >= 11 is 0. The number of nitrogens with zero attached hydrogens (tertiary/aromatic N) is 7. The van der Waals surface area contributed by atoms with Crippen LogP contribution in [0.5, 0.6) is 0 Å². The van der Waals surface area contributed by atoms with Gasteiger partial charge < -0.3 is 9.80 Å². The van der Waals surface area contributed by atoms with E-state index in [9.17, 15) is 0 Å². The van der Waals surface area contributed by atoms with Gasteiger partial charge in [0.05, 0.1) is 11.1 Å². The highest BCUT2D eigenvalue weighted by molar-refractivity contribution is 5.90. The van der Waals surface area contributed by atoms with Crippen LogP contribution in [0.4, 0.5) is 5.82 Å². The average Bonchev–Trinajstić information content (AvgIpc) is 3.07. The molecule has 0 unspecified atom stereocenters. The normalized spacial score (nSPS) is 20.7. The molecule has 2 saturated heterocycles. The van der Waals surface area contributed by atoms with Crippen LogP contribution in [0.25, 0.3) is 11.0 Å². The van der Waals surface area contributed by atoms with Gasteiger partial charge in [0.25, 0.3) is 0 Å². The van der Waals surface area contributed by atoms with Crippen LogP contribution in [0.2, 0.25) is 0 Å².